The van der Waals surface area contributed by atoms with Crippen molar-refractivity contribution in [1.29, 1.82) is 0 Å². The molecule has 2 unspecified atom stereocenters. The van der Waals surface area contributed by atoms with Gasteiger partial charge in [0.25, 0.3) is 5.92 Å². The molecular weight excluding hydrogens is 588 g/mol. The van der Waals surface area contributed by atoms with Gasteiger partial charge in [0.1, 0.15) is 6.04 Å². The van der Waals surface area contributed by atoms with Crippen molar-refractivity contribution >= 4 is 39.6 Å². The summed E-state index contributed by atoms with van der Waals surface area (Å²) in [4.78, 5) is 53.0. The highest BCUT2D eigenvalue weighted by Crippen LogP contribution is 2.55. The van der Waals surface area contributed by atoms with Crippen molar-refractivity contribution in [3.63, 3.8) is 0 Å². The molecule has 2 aliphatic carbocycles. The summed E-state index contributed by atoms with van der Waals surface area (Å²) in [7, 11) is 1.26. The number of methoxy groups -OCH3 is 1. The van der Waals surface area contributed by atoms with E-state index in [1.54, 1.807) is 12.1 Å². The zero-order chi connectivity index (χ0) is 29.0. The number of ketones is 1. The highest BCUT2D eigenvalue weighted by molar-refractivity contribution is 9.10. The summed E-state index contributed by atoms with van der Waals surface area (Å²) in [5.41, 5.74) is 0.203. The first kappa shape index (κ1) is 28.4. The zero-order valence-electron chi connectivity index (χ0n) is 22.5. The Morgan fingerprint density at radius 3 is 2.33 bits per heavy atom. The fourth-order valence-electron chi connectivity index (χ4n) is 5.81. The molecule has 2 atom stereocenters. The first-order chi connectivity index (χ1) is 18.9. The average Bonchev–Trinajstić information content (AvgIpc) is 3.51. The second-order valence-electron chi connectivity index (χ2n) is 11.4. The first-order valence-electron chi connectivity index (χ1n) is 13.3. The van der Waals surface area contributed by atoms with E-state index < -0.39 is 42.2 Å². The van der Waals surface area contributed by atoms with Crippen LogP contribution in [-0.4, -0.2) is 54.8 Å². The van der Waals surface area contributed by atoms with Gasteiger partial charge in [0.15, 0.2) is 12.4 Å². The van der Waals surface area contributed by atoms with E-state index in [1.807, 2.05) is 13.8 Å². The number of hydrogen-bond acceptors (Lipinski definition) is 6. The number of esters is 2. The van der Waals surface area contributed by atoms with Gasteiger partial charge in [0, 0.05) is 27.7 Å². The molecule has 2 aromatic carbocycles. The van der Waals surface area contributed by atoms with Crippen LogP contribution in [0.25, 0.3) is 11.1 Å². The van der Waals surface area contributed by atoms with E-state index in [1.165, 1.54) is 30.2 Å². The Labute approximate surface area is 239 Å². The summed E-state index contributed by atoms with van der Waals surface area (Å²) in [6.45, 7) is 3.42. The number of likely N-dealkylation sites (tertiary alicyclic amines) is 1. The Hall–Kier alpha value is -3.14. The van der Waals surface area contributed by atoms with Crippen molar-refractivity contribution in [2.45, 2.75) is 51.5 Å². The Balaban J connectivity index is 1.29. The first-order valence-corrected chi connectivity index (χ1v) is 14.1. The minimum atomic E-state index is -3.28. The van der Waals surface area contributed by atoms with E-state index in [0.29, 0.717) is 28.6 Å². The monoisotopic (exact) mass is 617 g/mol. The molecule has 0 bridgehead atoms. The number of alkyl halides is 2. The van der Waals surface area contributed by atoms with Crippen LogP contribution in [0.2, 0.25) is 0 Å². The smallest absolute Gasteiger partial charge is 0.329 e. The number of carbonyl (C=O) groups excluding carboxylic acids is 4. The maximum absolute atomic E-state index is 15.2. The number of nitrogens with zero attached hydrogens (tertiary/aromatic N) is 1. The van der Waals surface area contributed by atoms with Gasteiger partial charge in [-0.1, -0.05) is 48.0 Å². The molecule has 1 amide bonds. The van der Waals surface area contributed by atoms with Crippen LogP contribution in [0.15, 0.2) is 40.9 Å². The molecule has 0 N–H and O–H groups in total. The molecule has 212 valence electrons. The molecule has 10 heteroatoms. The summed E-state index contributed by atoms with van der Waals surface area (Å²) in [6.07, 6.45) is 2.09. The van der Waals surface area contributed by atoms with E-state index in [2.05, 4.69) is 15.9 Å². The van der Waals surface area contributed by atoms with Crippen LogP contribution < -0.4 is 0 Å². The van der Waals surface area contributed by atoms with E-state index in [9.17, 15) is 19.2 Å². The number of carbonyl (C=O) groups is 4. The molecule has 1 heterocycles. The van der Waals surface area contributed by atoms with E-state index in [-0.39, 0.29) is 40.4 Å². The third kappa shape index (κ3) is 5.06. The Morgan fingerprint density at radius 1 is 1.05 bits per heavy atom. The molecular formula is C30H30BrF2NO6. The fourth-order valence-corrected chi connectivity index (χ4v) is 6.17. The lowest BCUT2D eigenvalue weighted by Crippen LogP contribution is -2.46. The van der Waals surface area contributed by atoms with Crippen molar-refractivity contribution in [1.82, 2.24) is 4.90 Å². The quantitative estimate of drug-likeness (QED) is 0.286. The van der Waals surface area contributed by atoms with Gasteiger partial charge in [0.05, 0.1) is 19.4 Å². The molecule has 5 rings (SSSR count). The van der Waals surface area contributed by atoms with Crippen LogP contribution >= 0.6 is 15.9 Å². The summed E-state index contributed by atoms with van der Waals surface area (Å²) < 4.78 is 41.1. The maximum Gasteiger partial charge on any atom is 0.329 e. The molecule has 40 heavy (non-hydrogen) atoms. The summed E-state index contributed by atoms with van der Waals surface area (Å²) >= 11 is 3.23. The van der Waals surface area contributed by atoms with Gasteiger partial charge in [-0.05, 0) is 59.9 Å². The molecule has 7 nitrogen and oxygen atoms in total. The summed E-state index contributed by atoms with van der Waals surface area (Å²) in [5, 5.41) is 0. The third-order valence-electron chi connectivity index (χ3n) is 8.39. The molecule has 2 fully saturated rings. The van der Waals surface area contributed by atoms with Gasteiger partial charge < -0.3 is 14.4 Å². The lowest BCUT2D eigenvalue weighted by Gasteiger charge is -2.29. The maximum atomic E-state index is 15.2. The normalized spacial score (nSPS) is 20.2. The van der Waals surface area contributed by atoms with Gasteiger partial charge in [-0.3, -0.25) is 14.4 Å². The lowest BCUT2D eigenvalue weighted by molar-refractivity contribution is -0.155. The number of rotatable bonds is 8. The topological polar surface area (TPSA) is 90.0 Å². The number of amides is 1. The molecule has 2 aromatic rings. The van der Waals surface area contributed by atoms with Crippen LogP contribution in [0.1, 0.15) is 61.0 Å². The zero-order valence-corrected chi connectivity index (χ0v) is 24.1. The van der Waals surface area contributed by atoms with Crippen LogP contribution in [0, 0.1) is 17.3 Å². The SMILES string of the molecule is COC(=O)CC(C(=O)N1CC2(CC2)CC1C(=O)OCC(=O)c1ccc2c(c1)C(F)(F)c1cc(Br)ccc1-2)C(C)C. The van der Waals surface area contributed by atoms with Crippen LogP contribution in [0.5, 0.6) is 0 Å². The molecule has 3 aliphatic rings. The highest BCUT2D eigenvalue weighted by Gasteiger charge is 2.56. The van der Waals surface area contributed by atoms with Crippen LogP contribution in [0.3, 0.4) is 0 Å². The van der Waals surface area contributed by atoms with Crippen molar-refractivity contribution in [2.75, 3.05) is 20.3 Å². The number of halogens is 3. The predicted octanol–water partition coefficient (Wildman–Crippen LogP) is 5.51. The van der Waals surface area contributed by atoms with Gasteiger partial charge >= 0.3 is 11.9 Å². The molecule has 0 aromatic heterocycles. The number of hydrogen-bond donors (Lipinski definition) is 0. The van der Waals surface area contributed by atoms with Crippen molar-refractivity contribution in [3.05, 3.63) is 57.6 Å². The second-order valence-corrected chi connectivity index (χ2v) is 12.3. The van der Waals surface area contributed by atoms with Crippen LogP contribution in [0.4, 0.5) is 8.78 Å². The largest absolute Gasteiger partial charge is 0.469 e. The van der Waals surface area contributed by atoms with Crippen molar-refractivity contribution in [2.24, 2.45) is 17.3 Å². The minimum absolute atomic E-state index is 0.00839. The lowest BCUT2D eigenvalue weighted by atomic mass is 9.91. The molecule has 1 spiro atoms. The molecule has 1 saturated heterocycles. The predicted molar refractivity (Wildman–Crippen MR) is 145 cm³/mol. The van der Waals surface area contributed by atoms with Crippen LogP contribution in [-0.2, 0) is 29.8 Å². The third-order valence-corrected chi connectivity index (χ3v) is 8.89. The van der Waals surface area contributed by atoms with Gasteiger partial charge in [-0.15, -0.1) is 0 Å². The van der Waals surface area contributed by atoms with E-state index >= 15 is 8.78 Å². The molecule has 1 aliphatic heterocycles. The van der Waals surface area contributed by atoms with Crippen molar-refractivity contribution in [3.8, 4) is 11.1 Å². The van der Waals surface area contributed by atoms with Gasteiger partial charge in [0.2, 0.25) is 5.91 Å². The Kier molecular flexibility index (Phi) is 7.35. The standard InChI is InChI=1S/C30H30BrF2NO6/c1-16(2)21(12-26(36)39-3)27(37)34-15-29(8-9-29)13-24(34)28(38)40-14-25(35)17-4-6-19-20-7-5-18(31)11-23(20)30(32,33)22(19)10-17/h4-7,10-11,16,21,24H,8-9,12-15H2,1-3H3. The molecule has 1 saturated carbocycles. The van der Waals surface area contributed by atoms with Gasteiger partial charge in [-0.2, -0.15) is 8.78 Å². The number of Topliss-reactive ketones (excluding diaryl/α,β-unsaturated/α-hetero) is 1. The Bertz CT molecular complexity index is 1400. The second kappa shape index (κ2) is 10.4. The van der Waals surface area contributed by atoms with E-state index in [0.717, 1.165) is 18.9 Å². The number of fused-ring (bicyclic) bond motifs is 3. The number of ether oxygens (including phenoxy) is 2. The van der Waals surface area contributed by atoms with Crippen molar-refractivity contribution < 1.29 is 37.4 Å². The number of benzene rings is 2. The van der Waals surface area contributed by atoms with Gasteiger partial charge in [-0.25, -0.2) is 4.79 Å². The summed E-state index contributed by atoms with van der Waals surface area (Å²) in [5.74, 6) is -6.25. The van der Waals surface area contributed by atoms with E-state index in [4.69, 9.17) is 9.47 Å². The summed E-state index contributed by atoms with van der Waals surface area (Å²) in [6, 6.07) is 7.88. The average molecular weight is 618 g/mol. The fraction of sp³-hybridized carbons (Fsp3) is 0.467. The highest BCUT2D eigenvalue weighted by atomic mass is 79.9. The Morgan fingerprint density at radius 2 is 1.70 bits per heavy atom. The molecule has 0 radical (unpaired) electrons. The minimum Gasteiger partial charge on any atom is -0.469 e.